The third-order valence-electron chi connectivity index (χ3n) is 3.10. The molecule has 1 heterocycles. The van der Waals surface area contributed by atoms with Crippen LogP contribution in [0.15, 0.2) is 42.6 Å². The quantitative estimate of drug-likeness (QED) is 0.821. The summed E-state index contributed by atoms with van der Waals surface area (Å²) in [6.45, 7) is 2.66. The number of ether oxygens (including phenoxy) is 1. The molecule has 0 spiro atoms. The van der Waals surface area contributed by atoms with E-state index in [4.69, 9.17) is 10.00 Å². The Balaban J connectivity index is 2.26. The number of carbonyl (C=O) groups excluding carboxylic acids is 1. The van der Waals surface area contributed by atoms with Crippen LogP contribution in [-0.4, -0.2) is 24.0 Å². The summed E-state index contributed by atoms with van der Waals surface area (Å²) in [5, 5.41) is 8.79. The average Bonchev–Trinajstić information content (AvgIpc) is 2.57. The van der Waals surface area contributed by atoms with E-state index in [1.807, 2.05) is 13.0 Å². The first-order chi connectivity index (χ1) is 11.2. The van der Waals surface area contributed by atoms with Gasteiger partial charge in [-0.15, -0.1) is 0 Å². The molecule has 1 aromatic heterocycles. The van der Waals surface area contributed by atoms with Crippen molar-refractivity contribution in [3.8, 4) is 11.8 Å². The number of rotatable bonds is 6. The molecular weight excluding hydrogens is 297 g/mol. The third-order valence-corrected chi connectivity index (χ3v) is 3.10. The second kappa shape index (κ2) is 7.90. The Morgan fingerprint density at radius 1 is 1.30 bits per heavy atom. The molecule has 0 atom stereocenters. The Hall–Kier alpha value is -2.94. The third kappa shape index (κ3) is 4.27. The molecule has 6 heteroatoms. The van der Waals surface area contributed by atoms with Gasteiger partial charge in [0, 0.05) is 12.2 Å². The van der Waals surface area contributed by atoms with Crippen LogP contribution in [0.25, 0.3) is 0 Å². The molecule has 0 radical (unpaired) electrons. The van der Waals surface area contributed by atoms with Crippen molar-refractivity contribution in [3.63, 3.8) is 0 Å². The molecule has 23 heavy (non-hydrogen) atoms. The van der Waals surface area contributed by atoms with E-state index in [2.05, 4.69) is 4.98 Å². The van der Waals surface area contributed by atoms with Crippen molar-refractivity contribution in [2.45, 2.75) is 13.3 Å². The average molecular weight is 313 g/mol. The maximum atomic E-state index is 12.9. The lowest BCUT2D eigenvalue weighted by atomic mass is 10.2. The summed E-state index contributed by atoms with van der Waals surface area (Å²) in [5.41, 5.74) is 0.748. The standard InChI is InChI=1S/C17H16FN3O2/c1-2-23-15-7-5-14(6-8-15)21(11-3-10-19)17(22)16-9-4-13(18)12-20-16/h4-9,12H,2-3,11H2,1H3. The van der Waals surface area contributed by atoms with Gasteiger partial charge in [0.05, 0.1) is 25.3 Å². The summed E-state index contributed by atoms with van der Waals surface area (Å²) in [5.74, 6) is -0.195. The lowest BCUT2D eigenvalue weighted by Gasteiger charge is -2.21. The van der Waals surface area contributed by atoms with E-state index in [-0.39, 0.29) is 24.6 Å². The smallest absolute Gasteiger partial charge is 0.276 e. The van der Waals surface area contributed by atoms with Gasteiger partial charge in [-0.25, -0.2) is 9.37 Å². The number of benzene rings is 1. The summed E-state index contributed by atoms with van der Waals surface area (Å²) in [6, 6.07) is 11.5. The van der Waals surface area contributed by atoms with Crippen LogP contribution in [0.5, 0.6) is 5.75 Å². The Kier molecular flexibility index (Phi) is 5.64. The number of anilines is 1. The molecule has 1 amide bonds. The fraction of sp³-hybridized carbons (Fsp3) is 0.235. The van der Waals surface area contributed by atoms with Gasteiger partial charge in [-0.1, -0.05) is 0 Å². The van der Waals surface area contributed by atoms with E-state index in [0.29, 0.717) is 18.0 Å². The molecule has 118 valence electrons. The summed E-state index contributed by atoms with van der Waals surface area (Å²) < 4.78 is 18.3. The number of aromatic nitrogens is 1. The SMILES string of the molecule is CCOc1ccc(N(CCC#N)C(=O)c2ccc(F)cn2)cc1. The molecule has 0 saturated carbocycles. The molecule has 0 bridgehead atoms. The first kappa shape index (κ1) is 16.4. The van der Waals surface area contributed by atoms with Gasteiger partial charge in [0.25, 0.3) is 5.91 Å². The van der Waals surface area contributed by atoms with E-state index < -0.39 is 5.82 Å². The minimum Gasteiger partial charge on any atom is -0.494 e. The number of hydrogen-bond acceptors (Lipinski definition) is 4. The van der Waals surface area contributed by atoms with Crippen molar-refractivity contribution in [3.05, 3.63) is 54.1 Å². The van der Waals surface area contributed by atoms with Crippen LogP contribution in [0.3, 0.4) is 0 Å². The lowest BCUT2D eigenvalue weighted by molar-refractivity contribution is 0.0982. The van der Waals surface area contributed by atoms with Crippen molar-refractivity contribution < 1.29 is 13.9 Å². The normalized spacial score (nSPS) is 9.96. The fourth-order valence-electron chi connectivity index (χ4n) is 2.04. The Labute approximate surface area is 133 Å². The van der Waals surface area contributed by atoms with Crippen molar-refractivity contribution in [1.82, 2.24) is 4.98 Å². The first-order valence-corrected chi connectivity index (χ1v) is 7.19. The van der Waals surface area contributed by atoms with Crippen LogP contribution in [0, 0.1) is 17.1 Å². The Morgan fingerprint density at radius 3 is 2.61 bits per heavy atom. The topological polar surface area (TPSA) is 66.2 Å². The molecule has 0 aliphatic heterocycles. The lowest BCUT2D eigenvalue weighted by Crippen LogP contribution is -2.32. The van der Waals surface area contributed by atoms with Crippen LogP contribution >= 0.6 is 0 Å². The Morgan fingerprint density at radius 2 is 2.04 bits per heavy atom. The number of nitrogens with zero attached hydrogens (tertiary/aromatic N) is 3. The van der Waals surface area contributed by atoms with Crippen LogP contribution in [0.4, 0.5) is 10.1 Å². The Bertz CT molecular complexity index is 693. The van der Waals surface area contributed by atoms with E-state index in [0.717, 1.165) is 6.20 Å². The molecule has 0 aliphatic carbocycles. The largest absolute Gasteiger partial charge is 0.494 e. The molecule has 1 aromatic carbocycles. The fourth-order valence-corrected chi connectivity index (χ4v) is 2.04. The van der Waals surface area contributed by atoms with Crippen molar-refractivity contribution in [2.24, 2.45) is 0 Å². The summed E-state index contributed by atoms with van der Waals surface area (Å²) >= 11 is 0. The highest BCUT2D eigenvalue weighted by molar-refractivity contribution is 6.04. The van der Waals surface area contributed by atoms with Crippen LogP contribution in [0.2, 0.25) is 0 Å². The van der Waals surface area contributed by atoms with Crippen molar-refractivity contribution >= 4 is 11.6 Å². The second-order valence-corrected chi connectivity index (χ2v) is 4.65. The maximum Gasteiger partial charge on any atom is 0.276 e. The van der Waals surface area contributed by atoms with Crippen molar-refractivity contribution in [2.75, 3.05) is 18.1 Å². The van der Waals surface area contributed by atoms with E-state index in [1.165, 1.54) is 17.0 Å². The van der Waals surface area contributed by atoms with Crippen molar-refractivity contribution in [1.29, 1.82) is 5.26 Å². The summed E-state index contributed by atoms with van der Waals surface area (Å²) in [7, 11) is 0. The number of pyridine rings is 1. The zero-order chi connectivity index (χ0) is 16.7. The second-order valence-electron chi connectivity index (χ2n) is 4.65. The molecule has 0 saturated heterocycles. The highest BCUT2D eigenvalue weighted by Gasteiger charge is 2.18. The number of amides is 1. The zero-order valence-electron chi connectivity index (χ0n) is 12.7. The van der Waals surface area contributed by atoms with Crippen LogP contribution in [0.1, 0.15) is 23.8 Å². The predicted molar refractivity (Wildman–Crippen MR) is 83.7 cm³/mol. The van der Waals surface area contributed by atoms with Crippen LogP contribution < -0.4 is 9.64 Å². The van der Waals surface area contributed by atoms with Gasteiger partial charge >= 0.3 is 0 Å². The zero-order valence-corrected chi connectivity index (χ0v) is 12.7. The molecule has 0 unspecified atom stereocenters. The maximum absolute atomic E-state index is 12.9. The van der Waals surface area contributed by atoms with Gasteiger partial charge < -0.3 is 9.64 Å². The van der Waals surface area contributed by atoms with Gasteiger partial charge in [-0.3, -0.25) is 4.79 Å². The molecule has 5 nitrogen and oxygen atoms in total. The summed E-state index contributed by atoms with van der Waals surface area (Å²) in [4.78, 5) is 17.8. The summed E-state index contributed by atoms with van der Waals surface area (Å²) in [6.07, 6.45) is 1.17. The minimum absolute atomic E-state index is 0.123. The van der Waals surface area contributed by atoms with Gasteiger partial charge in [0.1, 0.15) is 17.3 Å². The number of halogens is 1. The number of hydrogen-bond donors (Lipinski definition) is 0. The molecule has 0 fully saturated rings. The van der Waals surface area contributed by atoms with Gasteiger partial charge in [-0.05, 0) is 43.3 Å². The first-order valence-electron chi connectivity index (χ1n) is 7.19. The van der Waals surface area contributed by atoms with Gasteiger partial charge in [0.2, 0.25) is 0 Å². The minimum atomic E-state index is -0.508. The molecular formula is C17H16FN3O2. The molecule has 0 aliphatic rings. The highest BCUT2D eigenvalue weighted by atomic mass is 19.1. The van der Waals surface area contributed by atoms with Gasteiger partial charge in [-0.2, -0.15) is 5.26 Å². The molecule has 2 aromatic rings. The van der Waals surface area contributed by atoms with Crippen LogP contribution in [-0.2, 0) is 0 Å². The van der Waals surface area contributed by atoms with E-state index in [9.17, 15) is 9.18 Å². The van der Waals surface area contributed by atoms with Gasteiger partial charge in [0.15, 0.2) is 0 Å². The molecule has 2 rings (SSSR count). The number of carbonyl (C=O) groups is 1. The predicted octanol–water partition coefficient (Wildman–Crippen LogP) is 3.18. The molecule has 0 N–H and O–H groups in total. The van der Waals surface area contributed by atoms with E-state index >= 15 is 0 Å². The highest BCUT2D eigenvalue weighted by Crippen LogP contribution is 2.21. The number of nitriles is 1. The van der Waals surface area contributed by atoms with E-state index in [1.54, 1.807) is 24.3 Å². The monoisotopic (exact) mass is 313 g/mol.